The van der Waals surface area contributed by atoms with Gasteiger partial charge in [-0.2, -0.15) is 0 Å². The van der Waals surface area contributed by atoms with E-state index in [0.29, 0.717) is 5.69 Å². The molecule has 3 aromatic rings. The Hall–Kier alpha value is -3.07. The second kappa shape index (κ2) is 6.81. The number of benzene rings is 2. The largest absolute Gasteiger partial charge is 0.324 e. The van der Waals surface area contributed by atoms with Crippen LogP contribution in [0.5, 0.6) is 0 Å². The summed E-state index contributed by atoms with van der Waals surface area (Å²) < 4.78 is 1.97. The van der Waals surface area contributed by atoms with Crippen molar-refractivity contribution < 1.29 is 9.72 Å². The fraction of sp³-hybridized carbons (Fsp3) is 0.0625. The molecule has 1 amide bonds. The molecule has 0 saturated heterocycles. The molecule has 1 N–H and O–H groups in total. The molecule has 0 atom stereocenters. The summed E-state index contributed by atoms with van der Waals surface area (Å²) in [4.78, 5) is 38.8. The quantitative estimate of drug-likeness (QED) is 0.533. The number of aromatic nitrogens is 2. The lowest BCUT2D eigenvalue weighted by Crippen LogP contribution is -2.27. The van der Waals surface area contributed by atoms with Crippen molar-refractivity contribution in [3.63, 3.8) is 0 Å². The summed E-state index contributed by atoms with van der Waals surface area (Å²) in [6.45, 7) is -0.217. The third kappa shape index (κ3) is 3.72. The van der Waals surface area contributed by atoms with Crippen LogP contribution in [0, 0.1) is 10.1 Å². The van der Waals surface area contributed by atoms with E-state index in [2.05, 4.69) is 26.2 Å². The van der Waals surface area contributed by atoms with Crippen molar-refractivity contribution in [1.29, 1.82) is 0 Å². The van der Waals surface area contributed by atoms with Gasteiger partial charge in [0.1, 0.15) is 6.54 Å². The van der Waals surface area contributed by atoms with Gasteiger partial charge in [-0.1, -0.05) is 22.0 Å². The molecule has 0 aliphatic heterocycles. The number of nitro groups is 1. The fourth-order valence-corrected chi connectivity index (χ4v) is 2.69. The van der Waals surface area contributed by atoms with Gasteiger partial charge in [0.05, 0.1) is 22.2 Å². The van der Waals surface area contributed by atoms with Crippen molar-refractivity contribution in [2.75, 3.05) is 5.32 Å². The minimum atomic E-state index is -0.557. The molecule has 0 bridgehead atoms. The number of amides is 1. The van der Waals surface area contributed by atoms with Crippen LogP contribution in [-0.2, 0) is 11.3 Å². The molecular formula is C16H11BrN4O4. The van der Waals surface area contributed by atoms with Gasteiger partial charge in [0.15, 0.2) is 0 Å². The van der Waals surface area contributed by atoms with Crippen LogP contribution >= 0.6 is 15.9 Å². The third-order valence-electron chi connectivity index (χ3n) is 3.44. The summed E-state index contributed by atoms with van der Waals surface area (Å²) in [6.07, 6.45) is 1.20. The average molecular weight is 403 g/mol. The molecule has 3 rings (SSSR count). The first-order chi connectivity index (χ1) is 11.9. The zero-order valence-corrected chi connectivity index (χ0v) is 14.3. The van der Waals surface area contributed by atoms with E-state index in [9.17, 15) is 19.7 Å². The number of anilines is 1. The monoisotopic (exact) mass is 402 g/mol. The molecule has 0 spiro atoms. The molecule has 1 heterocycles. The molecule has 9 heteroatoms. The van der Waals surface area contributed by atoms with E-state index in [1.807, 2.05) is 6.07 Å². The number of fused-ring (bicyclic) bond motifs is 1. The van der Waals surface area contributed by atoms with Crippen LogP contribution < -0.4 is 10.9 Å². The maximum atomic E-state index is 12.4. The van der Waals surface area contributed by atoms with E-state index in [1.165, 1.54) is 24.5 Å². The Morgan fingerprint density at radius 1 is 1.28 bits per heavy atom. The first kappa shape index (κ1) is 16.8. The van der Waals surface area contributed by atoms with E-state index >= 15 is 0 Å². The fourth-order valence-electron chi connectivity index (χ4n) is 2.29. The number of nitrogens with one attached hydrogen (secondary N) is 1. The van der Waals surface area contributed by atoms with Crippen LogP contribution in [0.4, 0.5) is 11.4 Å². The van der Waals surface area contributed by atoms with Crippen molar-refractivity contribution in [1.82, 2.24) is 9.55 Å². The van der Waals surface area contributed by atoms with E-state index < -0.39 is 10.5 Å². The number of rotatable bonds is 4. The highest BCUT2D eigenvalue weighted by Crippen LogP contribution is 2.17. The molecule has 0 radical (unpaired) electrons. The summed E-state index contributed by atoms with van der Waals surface area (Å²) in [6, 6.07) is 10.9. The number of hydrogen-bond donors (Lipinski definition) is 1. The van der Waals surface area contributed by atoms with Crippen LogP contribution in [0.3, 0.4) is 0 Å². The van der Waals surface area contributed by atoms with Gasteiger partial charge in [0, 0.05) is 22.3 Å². The second-order valence-electron chi connectivity index (χ2n) is 5.19. The minimum Gasteiger partial charge on any atom is -0.324 e. The summed E-state index contributed by atoms with van der Waals surface area (Å²) in [5.41, 5.74) is 0.216. The first-order valence-electron chi connectivity index (χ1n) is 7.13. The maximum absolute atomic E-state index is 12.4. The predicted molar refractivity (Wildman–Crippen MR) is 95.4 cm³/mol. The molecule has 2 aromatic carbocycles. The third-order valence-corrected chi connectivity index (χ3v) is 3.94. The van der Waals surface area contributed by atoms with Crippen LogP contribution in [0.2, 0.25) is 0 Å². The lowest BCUT2D eigenvalue weighted by molar-refractivity contribution is -0.384. The molecule has 1 aromatic heterocycles. The molecule has 0 fully saturated rings. The van der Waals surface area contributed by atoms with Gasteiger partial charge in [-0.25, -0.2) is 4.98 Å². The topological polar surface area (TPSA) is 107 Å². The number of halogens is 1. The lowest BCUT2D eigenvalue weighted by atomic mass is 10.2. The van der Waals surface area contributed by atoms with Gasteiger partial charge in [-0.15, -0.1) is 0 Å². The Morgan fingerprint density at radius 2 is 2.08 bits per heavy atom. The Labute approximate surface area is 149 Å². The Morgan fingerprint density at radius 3 is 2.80 bits per heavy atom. The van der Waals surface area contributed by atoms with E-state index in [0.717, 1.165) is 9.04 Å². The van der Waals surface area contributed by atoms with Crippen LogP contribution in [0.1, 0.15) is 0 Å². The Kier molecular flexibility index (Phi) is 4.57. The van der Waals surface area contributed by atoms with E-state index in [1.54, 1.807) is 18.2 Å². The molecule has 126 valence electrons. The first-order valence-corrected chi connectivity index (χ1v) is 7.92. The van der Waals surface area contributed by atoms with Crippen molar-refractivity contribution in [2.24, 2.45) is 0 Å². The summed E-state index contributed by atoms with van der Waals surface area (Å²) in [5, 5.41) is 13.7. The van der Waals surface area contributed by atoms with Crippen LogP contribution in [0.15, 0.2) is 58.1 Å². The molecule has 0 unspecified atom stereocenters. The highest BCUT2D eigenvalue weighted by Gasteiger charge is 2.12. The van der Waals surface area contributed by atoms with Gasteiger partial charge in [-0.3, -0.25) is 24.3 Å². The van der Waals surface area contributed by atoms with Crippen molar-refractivity contribution in [3.8, 4) is 0 Å². The zero-order valence-electron chi connectivity index (χ0n) is 12.7. The summed E-state index contributed by atoms with van der Waals surface area (Å²) in [5.74, 6) is -0.386. The van der Waals surface area contributed by atoms with Gasteiger partial charge in [-0.05, 0) is 24.3 Å². The zero-order chi connectivity index (χ0) is 18.0. The maximum Gasteiger partial charge on any atom is 0.271 e. The van der Waals surface area contributed by atoms with Gasteiger partial charge in [0.25, 0.3) is 11.2 Å². The number of nitrogens with zero attached hydrogens (tertiary/aromatic N) is 3. The van der Waals surface area contributed by atoms with Gasteiger partial charge < -0.3 is 5.32 Å². The SMILES string of the molecule is O=C(Cn1cnc2cc([N+](=O)[O-])ccc2c1=O)Nc1cccc(Br)c1. The summed E-state index contributed by atoms with van der Waals surface area (Å²) in [7, 11) is 0. The smallest absolute Gasteiger partial charge is 0.271 e. The predicted octanol–water partition coefficient (Wildman–Crippen LogP) is 2.71. The summed E-state index contributed by atoms with van der Waals surface area (Å²) >= 11 is 3.31. The molecule has 0 aliphatic carbocycles. The molecule has 8 nitrogen and oxygen atoms in total. The molecule has 0 saturated carbocycles. The van der Waals surface area contributed by atoms with E-state index in [4.69, 9.17) is 0 Å². The van der Waals surface area contributed by atoms with Crippen LogP contribution in [-0.4, -0.2) is 20.4 Å². The van der Waals surface area contributed by atoms with Gasteiger partial charge in [0.2, 0.25) is 5.91 Å². The van der Waals surface area contributed by atoms with Crippen molar-refractivity contribution in [3.05, 3.63) is 73.7 Å². The Balaban J connectivity index is 1.85. The lowest BCUT2D eigenvalue weighted by Gasteiger charge is -2.08. The number of non-ortho nitro benzene ring substituents is 1. The second-order valence-corrected chi connectivity index (χ2v) is 6.11. The van der Waals surface area contributed by atoms with Crippen LogP contribution in [0.25, 0.3) is 10.9 Å². The molecule has 25 heavy (non-hydrogen) atoms. The van der Waals surface area contributed by atoms with Crippen molar-refractivity contribution in [2.45, 2.75) is 6.54 Å². The normalized spacial score (nSPS) is 10.6. The number of nitro benzene ring substituents is 1. The van der Waals surface area contributed by atoms with Gasteiger partial charge >= 0.3 is 0 Å². The molecular weight excluding hydrogens is 392 g/mol. The van der Waals surface area contributed by atoms with E-state index in [-0.39, 0.29) is 29.0 Å². The average Bonchev–Trinajstić information content (AvgIpc) is 2.57. The highest BCUT2D eigenvalue weighted by molar-refractivity contribution is 9.10. The minimum absolute atomic E-state index is 0.149. The molecule has 0 aliphatic rings. The number of hydrogen-bond acceptors (Lipinski definition) is 5. The van der Waals surface area contributed by atoms with Crippen molar-refractivity contribution >= 4 is 44.1 Å². The Bertz CT molecular complexity index is 1050. The number of carbonyl (C=O) groups is 1. The number of carbonyl (C=O) groups excluding carboxylic acids is 1. The standard InChI is InChI=1S/C16H11BrN4O4/c17-10-2-1-3-11(6-10)19-15(22)8-20-9-18-14-7-12(21(24)25)4-5-13(14)16(20)23/h1-7,9H,8H2,(H,19,22). The highest BCUT2D eigenvalue weighted by atomic mass is 79.9.